The summed E-state index contributed by atoms with van der Waals surface area (Å²) < 4.78 is 0. The number of carboxylic acid groups (broad SMARTS) is 1. The number of carbonyl (C=O) groups excluding carboxylic acids is 1. The second-order valence-corrected chi connectivity index (χ2v) is 4.03. The van der Waals surface area contributed by atoms with Crippen molar-refractivity contribution in [1.82, 2.24) is 10.2 Å². The van der Waals surface area contributed by atoms with Crippen LogP contribution in [0.4, 0.5) is 4.79 Å². The summed E-state index contributed by atoms with van der Waals surface area (Å²) in [5, 5.41) is 11.5. The molecule has 82 valence electrons. The van der Waals surface area contributed by atoms with Crippen molar-refractivity contribution in [2.24, 2.45) is 5.92 Å². The Bertz CT molecular complexity index is 300. The number of carboxylic acids is 1. The third kappa shape index (κ3) is 2.11. The van der Waals surface area contributed by atoms with Gasteiger partial charge < -0.3 is 15.3 Å². The van der Waals surface area contributed by atoms with Gasteiger partial charge in [-0.15, -0.1) is 0 Å². The molecule has 0 aromatic heterocycles. The number of likely N-dealkylation sites (tertiary alicyclic amines) is 1. The number of hydrogen-bond acceptors (Lipinski definition) is 2. The normalized spacial score (nSPS) is 21.5. The first-order valence-corrected chi connectivity index (χ1v) is 5.10. The molecule has 1 aliphatic carbocycles. The maximum atomic E-state index is 11.5. The molecule has 1 saturated heterocycles. The molecule has 5 nitrogen and oxygen atoms in total. The van der Waals surface area contributed by atoms with Crippen LogP contribution in [0, 0.1) is 5.92 Å². The summed E-state index contributed by atoms with van der Waals surface area (Å²) in [7, 11) is 0. The number of hydrogen-bond donors (Lipinski definition) is 2. The molecule has 2 N–H and O–H groups in total. The van der Waals surface area contributed by atoms with Gasteiger partial charge in [0.05, 0.1) is 5.92 Å². The Morgan fingerprint density at radius 1 is 1.27 bits per heavy atom. The van der Waals surface area contributed by atoms with Crippen molar-refractivity contribution >= 4 is 12.0 Å². The number of amides is 2. The molecule has 0 saturated carbocycles. The molecule has 1 heterocycles. The van der Waals surface area contributed by atoms with E-state index in [1.807, 2.05) is 12.2 Å². The van der Waals surface area contributed by atoms with Gasteiger partial charge in [-0.3, -0.25) is 4.79 Å². The van der Waals surface area contributed by atoms with E-state index in [9.17, 15) is 9.59 Å². The third-order valence-electron chi connectivity index (χ3n) is 2.85. The highest BCUT2D eigenvalue weighted by atomic mass is 16.4. The molecule has 2 rings (SSSR count). The van der Waals surface area contributed by atoms with Crippen molar-refractivity contribution in [3.8, 4) is 0 Å². The summed E-state index contributed by atoms with van der Waals surface area (Å²) in [6.45, 7) is 0.669. The molecule has 2 amide bonds. The summed E-state index contributed by atoms with van der Waals surface area (Å²) in [5.74, 6) is -1.20. The van der Waals surface area contributed by atoms with Gasteiger partial charge in [0.2, 0.25) is 0 Å². The molecule has 0 aromatic rings. The maximum absolute atomic E-state index is 11.5. The number of aliphatic carboxylic acids is 1. The first kappa shape index (κ1) is 10.0. The van der Waals surface area contributed by atoms with Gasteiger partial charge in [-0.1, -0.05) is 12.2 Å². The van der Waals surface area contributed by atoms with Gasteiger partial charge in [-0.25, -0.2) is 4.79 Å². The van der Waals surface area contributed by atoms with E-state index in [-0.39, 0.29) is 18.0 Å². The van der Waals surface area contributed by atoms with Gasteiger partial charge in [-0.05, 0) is 12.8 Å². The van der Waals surface area contributed by atoms with E-state index in [0.717, 1.165) is 12.8 Å². The lowest BCUT2D eigenvalue weighted by Crippen LogP contribution is -2.57. The number of nitrogens with zero attached hydrogens (tertiary/aromatic N) is 1. The highest BCUT2D eigenvalue weighted by molar-refractivity contribution is 5.80. The molecule has 0 unspecified atom stereocenters. The van der Waals surface area contributed by atoms with Crippen molar-refractivity contribution < 1.29 is 14.7 Å². The Morgan fingerprint density at radius 2 is 1.87 bits per heavy atom. The smallest absolute Gasteiger partial charge is 0.317 e. The molecular formula is C10H14N2O3. The van der Waals surface area contributed by atoms with Crippen LogP contribution >= 0.6 is 0 Å². The first-order valence-electron chi connectivity index (χ1n) is 5.10. The summed E-state index contributed by atoms with van der Waals surface area (Å²) >= 11 is 0. The van der Waals surface area contributed by atoms with E-state index in [0.29, 0.717) is 13.1 Å². The van der Waals surface area contributed by atoms with Crippen LogP contribution in [-0.4, -0.2) is 41.1 Å². The van der Waals surface area contributed by atoms with Crippen molar-refractivity contribution in [2.45, 2.75) is 18.9 Å². The van der Waals surface area contributed by atoms with Gasteiger partial charge >= 0.3 is 12.0 Å². The fourth-order valence-corrected chi connectivity index (χ4v) is 1.80. The zero-order valence-corrected chi connectivity index (χ0v) is 8.35. The number of urea groups is 1. The fourth-order valence-electron chi connectivity index (χ4n) is 1.80. The van der Waals surface area contributed by atoms with Crippen LogP contribution < -0.4 is 5.32 Å². The SMILES string of the molecule is O=C(O)C1CN(C(=O)NC2CC=CC2)C1. The van der Waals surface area contributed by atoms with Crippen LogP contribution in [0.2, 0.25) is 0 Å². The topological polar surface area (TPSA) is 69.6 Å². The molecule has 15 heavy (non-hydrogen) atoms. The molecular weight excluding hydrogens is 196 g/mol. The van der Waals surface area contributed by atoms with Crippen LogP contribution in [0.15, 0.2) is 12.2 Å². The zero-order chi connectivity index (χ0) is 10.8. The average molecular weight is 210 g/mol. The minimum atomic E-state index is -0.818. The predicted molar refractivity (Wildman–Crippen MR) is 53.4 cm³/mol. The highest BCUT2D eigenvalue weighted by Gasteiger charge is 2.36. The van der Waals surface area contributed by atoms with Gasteiger partial charge in [0.25, 0.3) is 0 Å². The van der Waals surface area contributed by atoms with Gasteiger partial charge in [0, 0.05) is 19.1 Å². The fraction of sp³-hybridized carbons (Fsp3) is 0.600. The lowest BCUT2D eigenvalue weighted by Gasteiger charge is -2.37. The van der Waals surface area contributed by atoms with Crippen molar-refractivity contribution in [3.63, 3.8) is 0 Å². The van der Waals surface area contributed by atoms with Crippen LogP contribution in [0.25, 0.3) is 0 Å². The van der Waals surface area contributed by atoms with E-state index < -0.39 is 5.97 Å². The van der Waals surface area contributed by atoms with Crippen LogP contribution in [0.5, 0.6) is 0 Å². The zero-order valence-electron chi connectivity index (χ0n) is 8.35. The number of nitrogens with one attached hydrogen (secondary N) is 1. The molecule has 0 bridgehead atoms. The average Bonchev–Trinajstić information content (AvgIpc) is 2.52. The Hall–Kier alpha value is -1.52. The molecule has 2 aliphatic rings. The summed E-state index contributed by atoms with van der Waals surface area (Å²) in [5.41, 5.74) is 0. The highest BCUT2D eigenvalue weighted by Crippen LogP contribution is 2.16. The van der Waals surface area contributed by atoms with E-state index in [2.05, 4.69) is 5.32 Å². The van der Waals surface area contributed by atoms with Crippen molar-refractivity contribution in [2.75, 3.05) is 13.1 Å². The molecule has 1 fully saturated rings. The summed E-state index contributed by atoms with van der Waals surface area (Å²) in [6.07, 6.45) is 5.84. The third-order valence-corrected chi connectivity index (χ3v) is 2.85. The minimum absolute atomic E-state index is 0.138. The molecule has 0 atom stereocenters. The van der Waals surface area contributed by atoms with E-state index >= 15 is 0 Å². The lowest BCUT2D eigenvalue weighted by molar-refractivity contribution is -0.146. The first-order chi connectivity index (χ1) is 7.16. The summed E-state index contributed by atoms with van der Waals surface area (Å²) in [6, 6.07) is 0.0579. The van der Waals surface area contributed by atoms with Crippen LogP contribution in [0.3, 0.4) is 0 Å². The minimum Gasteiger partial charge on any atom is -0.481 e. The second kappa shape index (κ2) is 3.92. The van der Waals surface area contributed by atoms with Gasteiger partial charge in [0.1, 0.15) is 0 Å². The van der Waals surface area contributed by atoms with Crippen molar-refractivity contribution in [3.05, 3.63) is 12.2 Å². The van der Waals surface area contributed by atoms with Crippen LogP contribution in [-0.2, 0) is 4.79 Å². The van der Waals surface area contributed by atoms with Crippen molar-refractivity contribution in [1.29, 1.82) is 0 Å². The Kier molecular flexibility index (Phi) is 2.62. The Labute approximate surface area is 87.7 Å². The van der Waals surface area contributed by atoms with E-state index in [1.165, 1.54) is 4.90 Å². The van der Waals surface area contributed by atoms with E-state index in [1.54, 1.807) is 0 Å². The van der Waals surface area contributed by atoms with Gasteiger partial charge in [-0.2, -0.15) is 0 Å². The number of carbonyl (C=O) groups is 2. The molecule has 0 spiro atoms. The maximum Gasteiger partial charge on any atom is 0.317 e. The molecule has 0 radical (unpaired) electrons. The quantitative estimate of drug-likeness (QED) is 0.649. The Balaban J connectivity index is 1.72. The largest absolute Gasteiger partial charge is 0.481 e. The monoisotopic (exact) mass is 210 g/mol. The van der Waals surface area contributed by atoms with Crippen LogP contribution in [0.1, 0.15) is 12.8 Å². The Morgan fingerprint density at radius 3 is 2.40 bits per heavy atom. The second-order valence-electron chi connectivity index (χ2n) is 4.03. The van der Waals surface area contributed by atoms with E-state index in [4.69, 9.17) is 5.11 Å². The molecule has 5 heteroatoms. The lowest BCUT2D eigenvalue weighted by atomic mass is 10.0. The predicted octanol–water partition coefficient (Wildman–Crippen LogP) is 0.431. The summed E-state index contributed by atoms with van der Waals surface area (Å²) in [4.78, 5) is 23.6. The van der Waals surface area contributed by atoms with Gasteiger partial charge in [0.15, 0.2) is 0 Å². The standard InChI is InChI=1S/C10H14N2O3/c13-9(14)7-5-12(6-7)10(15)11-8-3-1-2-4-8/h1-2,7-8H,3-6H2,(H,11,15)(H,13,14). The molecule has 1 aliphatic heterocycles. The number of rotatable bonds is 2. The molecule has 0 aromatic carbocycles.